The molecule has 0 unspecified atom stereocenters. The van der Waals surface area contributed by atoms with Crippen LogP contribution in [0.15, 0.2) is 30.5 Å². The fourth-order valence-electron chi connectivity index (χ4n) is 1.61. The zero-order chi connectivity index (χ0) is 16.4. The number of ether oxygens (including phenoxy) is 2. The van der Waals surface area contributed by atoms with E-state index in [1.807, 2.05) is 26.8 Å². The van der Waals surface area contributed by atoms with Crippen LogP contribution >= 0.6 is 0 Å². The molecule has 0 aliphatic carbocycles. The minimum absolute atomic E-state index is 0.228. The standard InChI is InChI=1S/C17H23NO4/c1-17(2,3)22-16(20)9-5-7-13-21-15(19)11-10-14-8-4-6-12-18-14/h4,6,8,10-12H,5,7,9,13H2,1-3H3/b11-10+. The van der Waals surface area contributed by atoms with Gasteiger partial charge < -0.3 is 9.47 Å². The van der Waals surface area contributed by atoms with E-state index in [1.165, 1.54) is 6.08 Å². The van der Waals surface area contributed by atoms with Crippen molar-refractivity contribution in [2.24, 2.45) is 0 Å². The van der Waals surface area contributed by atoms with Crippen LogP contribution < -0.4 is 0 Å². The van der Waals surface area contributed by atoms with Gasteiger partial charge in [-0.2, -0.15) is 0 Å². The topological polar surface area (TPSA) is 65.5 Å². The molecule has 22 heavy (non-hydrogen) atoms. The Balaban J connectivity index is 2.13. The molecule has 1 aromatic heterocycles. The van der Waals surface area contributed by atoms with Gasteiger partial charge in [-0.25, -0.2) is 4.79 Å². The molecule has 0 fully saturated rings. The lowest BCUT2D eigenvalue weighted by atomic mass is 10.2. The number of carbonyl (C=O) groups is 2. The normalized spacial score (nSPS) is 11.4. The van der Waals surface area contributed by atoms with Gasteiger partial charge in [0.25, 0.3) is 0 Å². The number of carbonyl (C=O) groups excluding carboxylic acids is 2. The van der Waals surface area contributed by atoms with E-state index in [0.29, 0.717) is 25.0 Å². The maximum atomic E-state index is 11.5. The molecule has 120 valence electrons. The highest BCUT2D eigenvalue weighted by atomic mass is 16.6. The minimum atomic E-state index is -0.459. The quantitative estimate of drug-likeness (QED) is 0.440. The van der Waals surface area contributed by atoms with Gasteiger partial charge in [-0.3, -0.25) is 9.78 Å². The molecular weight excluding hydrogens is 282 g/mol. The van der Waals surface area contributed by atoms with Gasteiger partial charge in [-0.1, -0.05) is 6.07 Å². The summed E-state index contributed by atoms with van der Waals surface area (Å²) in [5.74, 6) is -0.642. The second-order valence-electron chi connectivity index (χ2n) is 5.80. The Morgan fingerprint density at radius 1 is 1.23 bits per heavy atom. The Hall–Kier alpha value is -2.17. The molecule has 0 saturated heterocycles. The number of unbranched alkanes of at least 4 members (excludes halogenated alkanes) is 1. The Morgan fingerprint density at radius 2 is 2.00 bits per heavy atom. The van der Waals surface area contributed by atoms with Gasteiger partial charge in [0.05, 0.1) is 12.3 Å². The zero-order valence-corrected chi connectivity index (χ0v) is 13.4. The molecule has 0 aliphatic rings. The van der Waals surface area contributed by atoms with Crippen LogP contribution in [0.1, 0.15) is 45.7 Å². The Labute approximate surface area is 131 Å². The highest BCUT2D eigenvalue weighted by Crippen LogP contribution is 2.09. The molecule has 0 radical (unpaired) electrons. The smallest absolute Gasteiger partial charge is 0.330 e. The molecule has 0 spiro atoms. The van der Waals surface area contributed by atoms with Crippen molar-refractivity contribution in [3.05, 3.63) is 36.2 Å². The average Bonchev–Trinajstić information content (AvgIpc) is 2.44. The molecule has 0 aliphatic heterocycles. The first-order valence-corrected chi connectivity index (χ1v) is 7.34. The zero-order valence-electron chi connectivity index (χ0n) is 13.4. The van der Waals surface area contributed by atoms with E-state index >= 15 is 0 Å². The van der Waals surface area contributed by atoms with Gasteiger partial charge in [0, 0.05) is 18.7 Å². The van der Waals surface area contributed by atoms with E-state index < -0.39 is 11.6 Å². The van der Waals surface area contributed by atoms with Crippen molar-refractivity contribution < 1.29 is 19.1 Å². The number of rotatable bonds is 7. The number of esters is 2. The maximum Gasteiger partial charge on any atom is 0.330 e. The van der Waals surface area contributed by atoms with Crippen molar-refractivity contribution in [2.45, 2.75) is 45.6 Å². The van der Waals surface area contributed by atoms with E-state index in [1.54, 1.807) is 24.4 Å². The monoisotopic (exact) mass is 305 g/mol. The first kappa shape index (κ1) is 17.9. The average molecular weight is 305 g/mol. The van der Waals surface area contributed by atoms with Gasteiger partial charge in [0.1, 0.15) is 5.60 Å². The second-order valence-corrected chi connectivity index (χ2v) is 5.80. The van der Waals surface area contributed by atoms with Crippen LogP contribution in [0.4, 0.5) is 0 Å². The Kier molecular flexibility index (Phi) is 7.29. The third-order valence-corrected chi connectivity index (χ3v) is 2.52. The fraction of sp³-hybridized carbons (Fsp3) is 0.471. The van der Waals surface area contributed by atoms with Gasteiger partial charge in [0.15, 0.2) is 0 Å². The number of hydrogen-bond acceptors (Lipinski definition) is 5. The Morgan fingerprint density at radius 3 is 2.64 bits per heavy atom. The molecule has 1 heterocycles. The summed E-state index contributed by atoms with van der Waals surface area (Å²) in [6.07, 6.45) is 6.19. The largest absolute Gasteiger partial charge is 0.463 e. The predicted molar refractivity (Wildman–Crippen MR) is 83.9 cm³/mol. The molecule has 0 bridgehead atoms. The summed E-state index contributed by atoms with van der Waals surface area (Å²) < 4.78 is 10.2. The van der Waals surface area contributed by atoms with Crippen molar-refractivity contribution in [2.75, 3.05) is 6.61 Å². The minimum Gasteiger partial charge on any atom is -0.463 e. The van der Waals surface area contributed by atoms with Gasteiger partial charge in [-0.15, -0.1) is 0 Å². The number of aromatic nitrogens is 1. The van der Waals surface area contributed by atoms with E-state index in [2.05, 4.69) is 4.98 Å². The van der Waals surface area contributed by atoms with Crippen LogP contribution in [0.5, 0.6) is 0 Å². The number of nitrogens with zero attached hydrogens (tertiary/aromatic N) is 1. The molecule has 0 atom stereocenters. The van der Waals surface area contributed by atoms with Crippen LogP contribution in [-0.4, -0.2) is 29.1 Å². The first-order valence-electron chi connectivity index (χ1n) is 7.34. The predicted octanol–water partition coefficient (Wildman–Crippen LogP) is 3.15. The van der Waals surface area contributed by atoms with Crippen LogP contribution in [0.3, 0.4) is 0 Å². The van der Waals surface area contributed by atoms with E-state index in [0.717, 1.165) is 0 Å². The summed E-state index contributed by atoms with van der Waals surface area (Å²) in [6.45, 7) is 5.79. The maximum absolute atomic E-state index is 11.5. The third-order valence-electron chi connectivity index (χ3n) is 2.52. The molecule has 0 aromatic carbocycles. The number of pyridine rings is 1. The van der Waals surface area contributed by atoms with Crippen LogP contribution in [0.2, 0.25) is 0 Å². The lowest BCUT2D eigenvalue weighted by Crippen LogP contribution is -2.23. The lowest BCUT2D eigenvalue weighted by molar-refractivity contribution is -0.154. The summed E-state index contributed by atoms with van der Waals surface area (Å²) in [4.78, 5) is 27.0. The molecule has 1 aromatic rings. The van der Waals surface area contributed by atoms with E-state index in [9.17, 15) is 9.59 Å². The van der Waals surface area contributed by atoms with Crippen molar-refractivity contribution in [3.8, 4) is 0 Å². The van der Waals surface area contributed by atoms with Crippen molar-refractivity contribution in [1.82, 2.24) is 4.98 Å². The third kappa shape index (κ3) is 8.89. The summed E-state index contributed by atoms with van der Waals surface area (Å²) in [6, 6.07) is 5.44. The van der Waals surface area contributed by atoms with E-state index in [4.69, 9.17) is 9.47 Å². The van der Waals surface area contributed by atoms with Gasteiger partial charge in [-0.05, 0) is 51.8 Å². The molecule has 0 saturated carbocycles. The van der Waals surface area contributed by atoms with Gasteiger partial charge in [0.2, 0.25) is 0 Å². The molecule has 0 N–H and O–H groups in total. The lowest BCUT2D eigenvalue weighted by Gasteiger charge is -2.19. The van der Waals surface area contributed by atoms with Crippen molar-refractivity contribution in [3.63, 3.8) is 0 Å². The molecule has 0 amide bonds. The molecular formula is C17H23NO4. The van der Waals surface area contributed by atoms with Crippen LogP contribution in [-0.2, 0) is 19.1 Å². The van der Waals surface area contributed by atoms with Crippen LogP contribution in [0.25, 0.3) is 6.08 Å². The first-order chi connectivity index (χ1) is 10.4. The highest BCUT2D eigenvalue weighted by molar-refractivity contribution is 5.86. The molecule has 5 heteroatoms. The summed E-state index contributed by atoms with van der Waals surface area (Å²) in [7, 11) is 0. The molecule has 1 rings (SSSR count). The summed E-state index contributed by atoms with van der Waals surface area (Å²) in [5.41, 5.74) is 0.240. The van der Waals surface area contributed by atoms with E-state index in [-0.39, 0.29) is 12.6 Å². The van der Waals surface area contributed by atoms with Gasteiger partial charge >= 0.3 is 11.9 Å². The number of hydrogen-bond donors (Lipinski definition) is 0. The summed E-state index contributed by atoms with van der Waals surface area (Å²) >= 11 is 0. The fourth-order valence-corrected chi connectivity index (χ4v) is 1.61. The molecule has 5 nitrogen and oxygen atoms in total. The Bertz CT molecular complexity index is 503. The van der Waals surface area contributed by atoms with Crippen molar-refractivity contribution in [1.29, 1.82) is 0 Å². The second kappa shape index (κ2) is 8.97. The highest BCUT2D eigenvalue weighted by Gasteiger charge is 2.15. The van der Waals surface area contributed by atoms with Crippen molar-refractivity contribution >= 4 is 18.0 Å². The SMILES string of the molecule is CC(C)(C)OC(=O)CCCCOC(=O)/C=C/c1ccccn1. The van der Waals surface area contributed by atoms with Crippen LogP contribution in [0, 0.1) is 0 Å². The summed E-state index contributed by atoms with van der Waals surface area (Å²) in [5, 5.41) is 0.